The van der Waals surface area contributed by atoms with Gasteiger partial charge in [0, 0.05) is 0 Å². The zero-order valence-corrected chi connectivity index (χ0v) is 10.5. The van der Waals surface area contributed by atoms with Gasteiger partial charge in [0.15, 0.2) is 0 Å². The molecule has 0 unspecified atom stereocenters. The van der Waals surface area contributed by atoms with Crippen molar-refractivity contribution in [2.75, 3.05) is 0 Å². The molecule has 5 nitrogen and oxygen atoms in total. The van der Waals surface area contributed by atoms with Gasteiger partial charge in [0.2, 0.25) is 0 Å². The molecule has 0 saturated carbocycles. The zero-order valence-electron chi connectivity index (χ0n) is 10.5. The Balaban J connectivity index is 2.39. The number of rotatable bonds is 3. The lowest BCUT2D eigenvalue weighted by atomic mass is 10.1. The first-order valence-corrected chi connectivity index (χ1v) is 5.82. The molecule has 0 fully saturated rings. The zero-order chi connectivity index (χ0) is 13.1. The van der Waals surface area contributed by atoms with Gasteiger partial charge in [-0.1, -0.05) is 19.1 Å². The molecule has 0 saturated heterocycles. The summed E-state index contributed by atoms with van der Waals surface area (Å²) in [4.78, 5) is 11.5. The quantitative estimate of drug-likeness (QED) is 0.486. The van der Waals surface area contributed by atoms with E-state index in [1.54, 1.807) is 4.68 Å². The first-order chi connectivity index (χ1) is 8.67. The van der Waals surface area contributed by atoms with Crippen molar-refractivity contribution in [1.82, 2.24) is 15.2 Å². The van der Waals surface area contributed by atoms with Crippen molar-refractivity contribution in [3.8, 4) is 5.69 Å². The van der Waals surface area contributed by atoms with E-state index < -0.39 is 0 Å². The number of hydrogen-bond acceptors (Lipinski definition) is 3. The molecular formula is C13H16N4O. The van der Waals surface area contributed by atoms with Crippen LogP contribution < -0.4 is 11.3 Å². The van der Waals surface area contributed by atoms with E-state index >= 15 is 0 Å². The molecule has 0 atom stereocenters. The molecule has 0 spiro atoms. The SMILES string of the molecule is CCc1ccc(-n2ncc(C(=O)NN)c2C)cc1. The second-order valence-corrected chi connectivity index (χ2v) is 4.05. The van der Waals surface area contributed by atoms with Crippen molar-refractivity contribution in [3.63, 3.8) is 0 Å². The minimum absolute atomic E-state index is 0.330. The fourth-order valence-corrected chi connectivity index (χ4v) is 1.84. The van der Waals surface area contributed by atoms with Crippen LogP contribution in [0.4, 0.5) is 0 Å². The van der Waals surface area contributed by atoms with Crippen molar-refractivity contribution >= 4 is 5.91 Å². The number of benzene rings is 1. The molecule has 3 N–H and O–H groups in total. The summed E-state index contributed by atoms with van der Waals surface area (Å²) >= 11 is 0. The lowest BCUT2D eigenvalue weighted by Gasteiger charge is -2.06. The summed E-state index contributed by atoms with van der Waals surface area (Å²) in [5.74, 6) is 4.79. The van der Waals surface area contributed by atoms with Gasteiger partial charge in [0.25, 0.3) is 5.91 Å². The molecule has 1 amide bonds. The van der Waals surface area contributed by atoms with Gasteiger partial charge in [-0.15, -0.1) is 0 Å². The van der Waals surface area contributed by atoms with Crippen LogP contribution in [0.1, 0.15) is 28.5 Å². The van der Waals surface area contributed by atoms with Crippen LogP contribution in [0.5, 0.6) is 0 Å². The van der Waals surface area contributed by atoms with Gasteiger partial charge in [-0.25, -0.2) is 10.5 Å². The number of nitrogens with two attached hydrogens (primary N) is 1. The number of nitrogen functional groups attached to an aromatic ring is 1. The number of nitrogens with zero attached hydrogens (tertiary/aromatic N) is 2. The number of amides is 1. The molecule has 1 heterocycles. The highest BCUT2D eigenvalue weighted by atomic mass is 16.2. The molecule has 5 heteroatoms. The lowest BCUT2D eigenvalue weighted by Crippen LogP contribution is -2.30. The molecule has 94 valence electrons. The summed E-state index contributed by atoms with van der Waals surface area (Å²) in [6, 6.07) is 8.09. The summed E-state index contributed by atoms with van der Waals surface area (Å²) in [6.07, 6.45) is 2.52. The minimum Gasteiger partial charge on any atom is -0.290 e. The summed E-state index contributed by atoms with van der Waals surface area (Å²) < 4.78 is 1.73. The van der Waals surface area contributed by atoms with Crippen LogP contribution in [0.3, 0.4) is 0 Å². The van der Waals surface area contributed by atoms with Crippen LogP contribution in [0, 0.1) is 6.92 Å². The van der Waals surface area contributed by atoms with E-state index in [4.69, 9.17) is 5.84 Å². The van der Waals surface area contributed by atoms with Crippen LogP contribution in [-0.4, -0.2) is 15.7 Å². The van der Waals surface area contributed by atoms with Crippen LogP contribution >= 0.6 is 0 Å². The van der Waals surface area contributed by atoms with Crippen LogP contribution in [0.15, 0.2) is 30.5 Å². The fraction of sp³-hybridized carbons (Fsp3) is 0.231. The highest BCUT2D eigenvalue weighted by Gasteiger charge is 2.13. The average Bonchev–Trinajstić information content (AvgIpc) is 2.80. The van der Waals surface area contributed by atoms with Crippen molar-refractivity contribution in [2.24, 2.45) is 5.84 Å². The number of hydrogen-bond donors (Lipinski definition) is 2. The smallest absolute Gasteiger partial charge is 0.268 e. The predicted molar refractivity (Wildman–Crippen MR) is 69.3 cm³/mol. The maximum absolute atomic E-state index is 11.5. The number of carbonyl (C=O) groups is 1. The van der Waals surface area contributed by atoms with E-state index in [1.807, 2.05) is 19.1 Å². The summed E-state index contributed by atoms with van der Waals surface area (Å²) in [5, 5.41) is 4.21. The predicted octanol–water partition coefficient (Wildman–Crippen LogP) is 1.35. The topological polar surface area (TPSA) is 72.9 Å². The van der Waals surface area contributed by atoms with Crippen molar-refractivity contribution in [2.45, 2.75) is 20.3 Å². The van der Waals surface area contributed by atoms with Gasteiger partial charge in [0.1, 0.15) is 0 Å². The van der Waals surface area contributed by atoms with Gasteiger partial charge in [-0.2, -0.15) is 5.10 Å². The molecule has 0 aliphatic rings. The maximum atomic E-state index is 11.5. The summed E-state index contributed by atoms with van der Waals surface area (Å²) in [5.41, 5.74) is 5.56. The minimum atomic E-state index is -0.330. The standard InChI is InChI=1S/C13H16N4O/c1-3-10-4-6-11(7-5-10)17-9(2)12(8-15-17)13(18)16-14/h4-8H,3,14H2,1-2H3,(H,16,18). The average molecular weight is 244 g/mol. The Bertz CT molecular complexity index is 557. The third-order valence-electron chi connectivity index (χ3n) is 2.97. The Morgan fingerprint density at radius 1 is 1.39 bits per heavy atom. The maximum Gasteiger partial charge on any atom is 0.268 e. The third-order valence-corrected chi connectivity index (χ3v) is 2.97. The monoisotopic (exact) mass is 244 g/mol. The molecule has 1 aromatic carbocycles. The van der Waals surface area contributed by atoms with E-state index in [9.17, 15) is 4.79 Å². The molecule has 0 bridgehead atoms. The number of nitrogens with one attached hydrogen (secondary N) is 1. The second-order valence-electron chi connectivity index (χ2n) is 4.05. The van der Waals surface area contributed by atoms with Crippen molar-refractivity contribution in [1.29, 1.82) is 0 Å². The van der Waals surface area contributed by atoms with Gasteiger partial charge in [0.05, 0.1) is 23.1 Å². The van der Waals surface area contributed by atoms with Crippen LogP contribution in [0.2, 0.25) is 0 Å². The van der Waals surface area contributed by atoms with Crippen LogP contribution in [0.25, 0.3) is 5.69 Å². The Hall–Kier alpha value is -2.14. The molecule has 0 radical (unpaired) electrons. The van der Waals surface area contributed by atoms with E-state index in [2.05, 4.69) is 29.6 Å². The third kappa shape index (κ3) is 2.12. The largest absolute Gasteiger partial charge is 0.290 e. The molecule has 0 aliphatic carbocycles. The van der Waals surface area contributed by atoms with Crippen molar-refractivity contribution in [3.05, 3.63) is 47.3 Å². The first kappa shape index (κ1) is 12.3. The van der Waals surface area contributed by atoms with E-state index in [0.717, 1.165) is 17.8 Å². The van der Waals surface area contributed by atoms with Gasteiger partial charge < -0.3 is 0 Å². The Morgan fingerprint density at radius 2 is 2.06 bits per heavy atom. The number of aryl methyl sites for hydroxylation is 1. The second kappa shape index (κ2) is 5.01. The Labute approximate surface area is 106 Å². The molecular weight excluding hydrogens is 228 g/mol. The van der Waals surface area contributed by atoms with E-state index in [0.29, 0.717) is 5.56 Å². The molecule has 2 aromatic rings. The number of aromatic nitrogens is 2. The molecule has 1 aromatic heterocycles. The summed E-state index contributed by atoms with van der Waals surface area (Å²) in [6.45, 7) is 3.95. The Kier molecular flexibility index (Phi) is 3.43. The van der Waals surface area contributed by atoms with Crippen molar-refractivity contribution < 1.29 is 4.79 Å². The number of carbonyl (C=O) groups excluding carboxylic acids is 1. The van der Waals surface area contributed by atoms with Gasteiger partial charge >= 0.3 is 0 Å². The number of hydrazine groups is 1. The fourth-order valence-electron chi connectivity index (χ4n) is 1.84. The molecule has 18 heavy (non-hydrogen) atoms. The normalized spacial score (nSPS) is 10.4. The van der Waals surface area contributed by atoms with E-state index in [1.165, 1.54) is 11.8 Å². The highest BCUT2D eigenvalue weighted by Crippen LogP contribution is 2.15. The van der Waals surface area contributed by atoms with E-state index in [-0.39, 0.29) is 5.91 Å². The highest BCUT2D eigenvalue weighted by molar-refractivity contribution is 5.94. The first-order valence-electron chi connectivity index (χ1n) is 5.82. The van der Waals surface area contributed by atoms with Gasteiger partial charge in [-0.05, 0) is 31.0 Å². The molecule has 2 rings (SSSR count). The van der Waals surface area contributed by atoms with Crippen LogP contribution in [-0.2, 0) is 6.42 Å². The lowest BCUT2D eigenvalue weighted by molar-refractivity contribution is 0.0953. The summed E-state index contributed by atoms with van der Waals surface area (Å²) in [7, 11) is 0. The van der Waals surface area contributed by atoms with Gasteiger partial charge in [-0.3, -0.25) is 10.2 Å². The Morgan fingerprint density at radius 3 is 2.61 bits per heavy atom. The molecule has 0 aliphatic heterocycles.